The molecule has 0 saturated heterocycles. The Labute approximate surface area is 157 Å². The molecule has 0 unspecified atom stereocenters. The van der Waals surface area contributed by atoms with Gasteiger partial charge in [-0.2, -0.15) is 0 Å². The van der Waals surface area contributed by atoms with Gasteiger partial charge in [0.15, 0.2) is 0 Å². The van der Waals surface area contributed by atoms with Crippen LogP contribution in [0.5, 0.6) is 0 Å². The first-order valence-corrected chi connectivity index (χ1v) is 9.04. The van der Waals surface area contributed by atoms with Crippen LogP contribution < -0.4 is 5.32 Å². The van der Waals surface area contributed by atoms with Crippen LogP contribution in [0.3, 0.4) is 0 Å². The number of hydrogen-bond acceptors (Lipinski definition) is 1. The molecule has 3 aromatic carbocycles. The Morgan fingerprint density at radius 1 is 0.880 bits per heavy atom. The van der Waals surface area contributed by atoms with Gasteiger partial charge >= 0.3 is 0 Å². The molecule has 0 atom stereocenters. The van der Waals surface area contributed by atoms with Crippen molar-refractivity contribution in [2.75, 3.05) is 7.05 Å². The Morgan fingerprint density at radius 2 is 1.60 bits per heavy atom. The topological polar surface area (TPSA) is 12.0 Å². The van der Waals surface area contributed by atoms with E-state index in [2.05, 4.69) is 72.9 Å². The summed E-state index contributed by atoms with van der Waals surface area (Å²) in [5.41, 5.74) is 5.89. The fourth-order valence-corrected chi connectivity index (χ4v) is 3.52. The zero-order valence-corrected chi connectivity index (χ0v) is 16.0. The zero-order valence-electron chi connectivity index (χ0n) is 15.2. The maximum absolute atomic E-state index is 3.39. The smallest absolute Gasteiger partial charge is 0.0211 e. The lowest BCUT2D eigenvalue weighted by molar-refractivity contribution is 0.776. The van der Waals surface area contributed by atoms with E-state index in [0.29, 0.717) is 0 Å². The van der Waals surface area contributed by atoms with Crippen LogP contribution in [-0.2, 0) is 19.4 Å². The fourth-order valence-electron chi connectivity index (χ4n) is 3.52. The summed E-state index contributed by atoms with van der Waals surface area (Å²) < 4.78 is 0. The van der Waals surface area contributed by atoms with Gasteiger partial charge in [-0.1, -0.05) is 74.0 Å². The van der Waals surface area contributed by atoms with E-state index in [1.165, 1.54) is 52.3 Å². The van der Waals surface area contributed by atoms with Crippen molar-refractivity contribution in [1.82, 2.24) is 5.32 Å². The van der Waals surface area contributed by atoms with Crippen LogP contribution in [0.1, 0.15) is 42.0 Å². The van der Waals surface area contributed by atoms with Crippen LogP contribution in [0.2, 0.25) is 0 Å². The minimum absolute atomic E-state index is 0. The second-order valence-electron chi connectivity index (χ2n) is 6.51. The molecule has 0 spiro atoms. The fraction of sp³-hybridized carbons (Fsp3) is 0.304. The molecule has 0 fully saturated rings. The molecule has 0 aliphatic heterocycles. The molecule has 1 nitrogen and oxygen atoms in total. The first-order valence-electron chi connectivity index (χ1n) is 9.04. The number of aryl methyl sites for hydroxylation is 1. The molecule has 132 valence electrons. The minimum Gasteiger partial charge on any atom is -0.316 e. The number of halogens is 1. The summed E-state index contributed by atoms with van der Waals surface area (Å²) in [5, 5.41) is 6.14. The van der Waals surface area contributed by atoms with Gasteiger partial charge in [0.2, 0.25) is 0 Å². The molecule has 2 heteroatoms. The number of benzene rings is 3. The van der Waals surface area contributed by atoms with Crippen LogP contribution >= 0.6 is 12.4 Å². The molecule has 0 radical (unpaired) electrons. The largest absolute Gasteiger partial charge is 0.316 e. The number of rotatable bonds is 7. The zero-order chi connectivity index (χ0) is 16.8. The Kier molecular flexibility index (Phi) is 7.49. The number of nitrogens with one attached hydrogen (secondary N) is 1. The van der Waals surface area contributed by atoms with E-state index in [1.807, 2.05) is 7.05 Å². The molecule has 0 aliphatic carbocycles. The molecule has 0 amide bonds. The number of fused-ring (bicyclic) bond motifs is 1. The summed E-state index contributed by atoms with van der Waals surface area (Å²) in [6.07, 6.45) is 4.67. The molecule has 3 aromatic rings. The van der Waals surface area contributed by atoms with Crippen molar-refractivity contribution in [3.05, 3.63) is 82.9 Å². The van der Waals surface area contributed by atoms with E-state index in [-0.39, 0.29) is 12.4 Å². The van der Waals surface area contributed by atoms with E-state index in [4.69, 9.17) is 0 Å². The van der Waals surface area contributed by atoms with Crippen LogP contribution in [-0.4, -0.2) is 7.05 Å². The molecule has 0 heterocycles. The van der Waals surface area contributed by atoms with E-state index in [9.17, 15) is 0 Å². The minimum atomic E-state index is 0. The summed E-state index contributed by atoms with van der Waals surface area (Å²) in [5.74, 6) is 0. The first kappa shape index (κ1) is 19.5. The van der Waals surface area contributed by atoms with Gasteiger partial charge in [0, 0.05) is 6.54 Å². The normalized spacial score (nSPS) is 10.6. The van der Waals surface area contributed by atoms with Crippen LogP contribution in [0.15, 0.2) is 60.7 Å². The highest BCUT2D eigenvalue weighted by atomic mass is 35.5. The Bertz CT molecular complexity index is 796. The highest BCUT2D eigenvalue weighted by molar-refractivity contribution is 5.88. The highest BCUT2D eigenvalue weighted by Gasteiger charge is 2.13. The van der Waals surface area contributed by atoms with Gasteiger partial charge in [0.25, 0.3) is 0 Å². The van der Waals surface area contributed by atoms with E-state index in [0.717, 1.165) is 13.0 Å². The lowest BCUT2D eigenvalue weighted by atomic mass is 9.88. The summed E-state index contributed by atoms with van der Waals surface area (Å²) in [4.78, 5) is 0. The van der Waals surface area contributed by atoms with Gasteiger partial charge in [-0.3, -0.25) is 0 Å². The van der Waals surface area contributed by atoms with Crippen LogP contribution in [0.4, 0.5) is 0 Å². The Morgan fingerprint density at radius 3 is 2.32 bits per heavy atom. The SMILES string of the molecule is CCCCc1cc2ccccc2c(CNC)c1Cc1ccccc1.Cl. The number of unbranched alkanes of at least 4 members (excludes halogenated alkanes) is 1. The van der Waals surface area contributed by atoms with E-state index >= 15 is 0 Å². The van der Waals surface area contributed by atoms with Crippen molar-refractivity contribution < 1.29 is 0 Å². The molecule has 3 rings (SSSR count). The predicted molar refractivity (Wildman–Crippen MR) is 112 cm³/mol. The highest BCUT2D eigenvalue weighted by Crippen LogP contribution is 2.29. The lowest BCUT2D eigenvalue weighted by Gasteiger charge is -2.18. The van der Waals surface area contributed by atoms with Crippen molar-refractivity contribution in [2.45, 2.75) is 39.2 Å². The third-order valence-electron chi connectivity index (χ3n) is 4.74. The molecule has 0 bridgehead atoms. The van der Waals surface area contributed by atoms with Crippen molar-refractivity contribution in [3.8, 4) is 0 Å². The van der Waals surface area contributed by atoms with Crippen molar-refractivity contribution >= 4 is 23.2 Å². The van der Waals surface area contributed by atoms with Crippen molar-refractivity contribution in [3.63, 3.8) is 0 Å². The van der Waals surface area contributed by atoms with Gasteiger partial charge in [-0.15, -0.1) is 12.4 Å². The third kappa shape index (κ3) is 4.62. The van der Waals surface area contributed by atoms with Crippen molar-refractivity contribution in [2.24, 2.45) is 0 Å². The summed E-state index contributed by atoms with van der Waals surface area (Å²) in [6.45, 7) is 3.19. The van der Waals surface area contributed by atoms with Crippen LogP contribution in [0, 0.1) is 0 Å². The average Bonchev–Trinajstić information content (AvgIpc) is 2.63. The quantitative estimate of drug-likeness (QED) is 0.556. The Hall–Kier alpha value is -1.83. The average molecular weight is 354 g/mol. The van der Waals surface area contributed by atoms with Gasteiger partial charge in [0.1, 0.15) is 0 Å². The second-order valence-corrected chi connectivity index (χ2v) is 6.51. The third-order valence-corrected chi connectivity index (χ3v) is 4.74. The molecule has 0 aliphatic rings. The van der Waals surface area contributed by atoms with Gasteiger partial charge < -0.3 is 5.32 Å². The first-order chi connectivity index (χ1) is 11.8. The van der Waals surface area contributed by atoms with Gasteiger partial charge in [-0.05, 0) is 59.3 Å². The monoisotopic (exact) mass is 353 g/mol. The standard InChI is InChI=1S/C23H27N.ClH/c1-3-4-12-20-16-19-13-8-9-14-21(19)23(17-24-2)22(20)15-18-10-6-5-7-11-18;/h5-11,13-14,16,24H,3-4,12,15,17H2,1-2H3;1H. The van der Waals surface area contributed by atoms with Crippen molar-refractivity contribution in [1.29, 1.82) is 0 Å². The number of hydrogen-bond donors (Lipinski definition) is 1. The molecule has 1 N–H and O–H groups in total. The maximum Gasteiger partial charge on any atom is 0.0211 e. The summed E-state index contributed by atoms with van der Waals surface area (Å²) in [7, 11) is 2.04. The molecular weight excluding hydrogens is 326 g/mol. The second kappa shape index (κ2) is 9.60. The van der Waals surface area contributed by atoms with Gasteiger partial charge in [0.05, 0.1) is 0 Å². The van der Waals surface area contributed by atoms with E-state index < -0.39 is 0 Å². The lowest BCUT2D eigenvalue weighted by Crippen LogP contribution is -2.11. The molecular formula is C23H28ClN. The van der Waals surface area contributed by atoms with Gasteiger partial charge in [-0.25, -0.2) is 0 Å². The Balaban J connectivity index is 0.00000225. The molecule has 25 heavy (non-hydrogen) atoms. The maximum atomic E-state index is 3.39. The summed E-state index contributed by atoms with van der Waals surface area (Å²) >= 11 is 0. The predicted octanol–water partition coefficient (Wildman–Crippen LogP) is 5.91. The molecule has 0 aromatic heterocycles. The van der Waals surface area contributed by atoms with E-state index in [1.54, 1.807) is 0 Å². The summed E-state index contributed by atoms with van der Waals surface area (Å²) in [6, 6.07) is 22.1. The van der Waals surface area contributed by atoms with Crippen LogP contribution in [0.25, 0.3) is 10.8 Å². The molecule has 0 saturated carbocycles.